The third-order valence-electron chi connectivity index (χ3n) is 5.63. The van der Waals surface area contributed by atoms with Gasteiger partial charge in [-0.3, -0.25) is 0 Å². The minimum Gasteiger partial charge on any atom is -0.375 e. The number of piperidine rings is 1. The predicted molar refractivity (Wildman–Crippen MR) is 121 cm³/mol. The van der Waals surface area contributed by atoms with Gasteiger partial charge < -0.3 is 20.9 Å². The highest BCUT2D eigenvalue weighted by Crippen LogP contribution is 2.33. The number of nitrogens with zero attached hydrogens (tertiary/aromatic N) is 5. The van der Waals surface area contributed by atoms with Gasteiger partial charge >= 0.3 is 6.18 Å². The molecule has 4 N–H and O–H groups in total. The quantitative estimate of drug-likeness (QED) is 0.383. The Morgan fingerprint density at radius 3 is 2.61 bits per heavy atom. The van der Waals surface area contributed by atoms with Crippen molar-refractivity contribution in [2.45, 2.75) is 31.6 Å². The number of hydrogen-bond donors (Lipinski definition) is 3. The summed E-state index contributed by atoms with van der Waals surface area (Å²) in [5, 5.41) is 8.17. The van der Waals surface area contributed by atoms with Gasteiger partial charge in [0, 0.05) is 25.2 Å². The van der Waals surface area contributed by atoms with Crippen LogP contribution in [-0.2, 0) is 12.7 Å². The summed E-state index contributed by atoms with van der Waals surface area (Å²) in [6.45, 7) is 1.43. The summed E-state index contributed by atoms with van der Waals surface area (Å²) in [4.78, 5) is 13.5. The van der Waals surface area contributed by atoms with Crippen LogP contribution < -0.4 is 16.0 Å². The maximum absolute atomic E-state index is 13.6. The molecule has 0 aliphatic carbocycles. The first kappa shape index (κ1) is 22.1. The lowest BCUT2D eigenvalue weighted by molar-refractivity contribution is -0.142. The molecule has 8 nitrogen and oxygen atoms in total. The van der Waals surface area contributed by atoms with Gasteiger partial charge in [0.15, 0.2) is 17.2 Å². The van der Waals surface area contributed by atoms with Gasteiger partial charge in [-0.2, -0.15) is 13.2 Å². The molecule has 0 saturated carbocycles. The summed E-state index contributed by atoms with van der Waals surface area (Å²) in [6.07, 6.45) is -2.33. The Balaban J connectivity index is 1.50. The van der Waals surface area contributed by atoms with E-state index >= 15 is 0 Å². The average molecular weight is 499 g/mol. The molecule has 13 heteroatoms. The second kappa shape index (κ2) is 8.23. The Hall–Kier alpha value is -2.76. The first-order valence-corrected chi connectivity index (χ1v) is 11.0. The van der Waals surface area contributed by atoms with Crippen LogP contribution >= 0.6 is 23.2 Å². The van der Waals surface area contributed by atoms with Crippen molar-refractivity contribution in [3.05, 3.63) is 46.0 Å². The molecule has 1 fully saturated rings. The van der Waals surface area contributed by atoms with Gasteiger partial charge in [-0.25, -0.2) is 14.5 Å². The average Bonchev–Trinajstić information content (AvgIpc) is 3.36. The van der Waals surface area contributed by atoms with E-state index in [0.717, 1.165) is 23.6 Å². The molecule has 0 spiro atoms. The molecule has 0 atom stereocenters. The van der Waals surface area contributed by atoms with Gasteiger partial charge in [0.25, 0.3) is 0 Å². The topological polar surface area (TPSA) is 100 Å². The van der Waals surface area contributed by atoms with Gasteiger partial charge in [0.05, 0.1) is 39.5 Å². The molecule has 0 unspecified atom stereocenters. The molecule has 1 aliphatic rings. The molecule has 4 aromatic rings. The molecule has 33 heavy (non-hydrogen) atoms. The van der Waals surface area contributed by atoms with E-state index in [4.69, 9.17) is 28.9 Å². The zero-order valence-corrected chi connectivity index (χ0v) is 18.6. The van der Waals surface area contributed by atoms with Crippen LogP contribution in [0.4, 0.5) is 24.7 Å². The van der Waals surface area contributed by atoms with Gasteiger partial charge in [0.2, 0.25) is 0 Å². The number of imidazole rings is 2. The second-order valence-corrected chi connectivity index (χ2v) is 8.75. The Kier molecular flexibility index (Phi) is 5.50. The number of anilines is 2. The largest absolute Gasteiger partial charge is 0.435 e. The number of alkyl halides is 3. The van der Waals surface area contributed by atoms with E-state index in [2.05, 4.69) is 25.4 Å². The maximum atomic E-state index is 13.6. The summed E-state index contributed by atoms with van der Waals surface area (Å²) in [6, 6.07) is 5.10. The normalized spacial score (nSPS) is 15.6. The second-order valence-electron chi connectivity index (χ2n) is 7.94. The fourth-order valence-electron chi connectivity index (χ4n) is 3.88. The van der Waals surface area contributed by atoms with Gasteiger partial charge in [0.1, 0.15) is 5.82 Å². The number of rotatable bonds is 4. The minimum absolute atomic E-state index is 0.0713. The van der Waals surface area contributed by atoms with Crippen LogP contribution in [0.3, 0.4) is 0 Å². The van der Waals surface area contributed by atoms with Crippen molar-refractivity contribution < 1.29 is 13.2 Å². The van der Waals surface area contributed by atoms with Crippen molar-refractivity contribution in [1.82, 2.24) is 24.6 Å². The number of halogens is 5. The molecular weight excluding hydrogens is 480 g/mol. The van der Waals surface area contributed by atoms with Crippen LogP contribution in [0, 0.1) is 0 Å². The van der Waals surface area contributed by atoms with E-state index in [1.54, 1.807) is 18.2 Å². The van der Waals surface area contributed by atoms with Crippen LogP contribution in [0.5, 0.6) is 0 Å². The first-order valence-electron chi connectivity index (χ1n) is 10.2. The van der Waals surface area contributed by atoms with Crippen LogP contribution in [-0.4, -0.2) is 43.7 Å². The summed E-state index contributed by atoms with van der Waals surface area (Å²) >= 11 is 12.1. The van der Waals surface area contributed by atoms with E-state index in [-0.39, 0.29) is 18.2 Å². The fraction of sp³-hybridized carbons (Fsp3) is 0.350. The van der Waals surface area contributed by atoms with Crippen LogP contribution in [0.1, 0.15) is 24.4 Å². The third kappa shape index (κ3) is 4.28. The van der Waals surface area contributed by atoms with Gasteiger partial charge in [-0.05, 0) is 25.0 Å². The minimum atomic E-state index is -4.59. The van der Waals surface area contributed by atoms with E-state index < -0.39 is 11.9 Å². The number of nitrogens with one attached hydrogen (secondary N) is 2. The molecule has 1 aromatic carbocycles. The summed E-state index contributed by atoms with van der Waals surface area (Å²) in [7, 11) is 0. The molecule has 3 aromatic heterocycles. The highest BCUT2D eigenvalue weighted by molar-refractivity contribution is 6.42. The van der Waals surface area contributed by atoms with E-state index in [1.807, 2.05) is 4.90 Å². The number of hydrogen-bond acceptors (Lipinski definition) is 6. The van der Waals surface area contributed by atoms with E-state index in [0.29, 0.717) is 51.5 Å². The molecule has 5 rings (SSSR count). The zero-order valence-electron chi connectivity index (χ0n) is 17.1. The summed E-state index contributed by atoms with van der Waals surface area (Å²) < 4.78 is 41.5. The number of benzene rings is 1. The zero-order chi connectivity index (χ0) is 23.3. The van der Waals surface area contributed by atoms with Crippen LogP contribution in [0.15, 0.2) is 24.4 Å². The molecule has 174 valence electrons. The predicted octanol–water partition coefficient (Wildman–Crippen LogP) is 4.47. The van der Waals surface area contributed by atoms with Crippen molar-refractivity contribution in [2.75, 3.05) is 23.3 Å². The molecule has 0 amide bonds. The Bertz CT molecular complexity index is 1290. The van der Waals surface area contributed by atoms with Crippen LogP contribution in [0.2, 0.25) is 10.0 Å². The van der Waals surface area contributed by atoms with Gasteiger partial charge in [-0.15, -0.1) is 5.10 Å². The third-order valence-corrected chi connectivity index (χ3v) is 6.35. The van der Waals surface area contributed by atoms with E-state index in [9.17, 15) is 13.2 Å². The Morgan fingerprint density at radius 1 is 1.15 bits per heavy atom. The Labute approximate surface area is 195 Å². The smallest absolute Gasteiger partial charge is 0.375 e. The summed E-state index contributed by atoms with van der Waals surface area (Å²) in [5.41, 5.74) is 6.84. The Morgan fingerprint density at radius 2 is 1.88 bits per heavy atom. The standard InChI is InChI=1S/C20H19Cl2F3N8/c21-11-5-13-14(6-12(11)22)30-17(29-13)9-27-15-7-18(32-3-1-10(26)2-4-32)31-33-16(20(23,24)25)8-28-19(15)33/h5-8,10,27H,1-4,9,26H2,(H,29,30). The molecule has 4 heterocycles. The highest BCUT2D eigenvalue weighted by Gasteiger charge is 2.36. The van der Waals surface area contributed by atoms with Crippen molar-refractivity contribution in [2.24, 2.45) is 5.73 Å². The SMILES string of the molecule is NC1CCN(c2cc(NCc3nc4cc(Cl)c(Cl)cc4[nH]3)c3ncc(C(F)(F)F)n3n2)CC1. The number of fused-ring (bicyclic) bond motifs is 2. The lowest BCUT2D eigenvalue weighted by Gasteiger charge is -2.31. The molecule has 1 saturated heterocycles. The van der Waals surface area contributed by atoms with Crippen LogP contribution in [0.25, 0.3) is 16.7 Å². The number of H-pyrrole nitrogens is 1. The number of aromatic amines is 1. The van der Waals surface area contributed by atoms with Gasteiger partial charge in [-0.1, -0.05) is 23.2 Å². The monoisotopic (exact) mass is 498 g/mol. The summed E-state index contributed by atoms with van der Waals surface area (Å²) in [5.74, 6) is 0.981. The first-order chi connectivity index (χ1) is 15.7. The van der Waals surface area contributed by atoms with Crippen molar-refractivity contribution >= 4 is 51.4 Å². The number of aromatic nitrogens is 5. The van der Waals surface area contributed by atoms with Crippen molar-refractivity contribution in [1.29, 1.82) is 0 Å². The molecule has 1 aliphatic heterocycles. The molecule has 0 bridgehead atoms. The lowest BCUT2D eigenvalue weighted by atomic mass is 10.1. The van der Waals surface area contributed by atoms with Crippen molar-refractivity contribution in [3.63, 3.8) is 0 Å². The molecular formula is C20H19Cl2F3N8. The fourth-order valence-corrected chi connectivity index (χ4v) is 4.20. The lowest BCUT2D eigenvalue weighted by Crippen LogP contribution is -2.40. The molecule has 0 radical (unpaired) electrons. The van der Waals surface area contributed by atoms with E-state index in [1.165, 1.54) is 0 Å². The highest BCUT2D eigenvalue weighted by atomic mass is 35.5. The number of nitrogens with two attached hydrogens (primary N) is 1. The van der Waals surface area contributed by atoms with Crippen molar-refractivity contribution in [3.8, 4) is 0 Å². The maximum Gasteiger partial charge on any atom is 0.435 e.